The van der Waals surface area contributed by atoms with E-state index < -0.39 is 0 Å². The largest absolute Gasteiger partial charge is 0.354 e. The number of halogens is 3. The summed E-state index contributed by atoms with van der Waals surface area (Å²) in [7, 11) is 0. The highest BCUT2D eigenvalue weighted by molar-refractivity contribution is 6.35. The first-order chi connectivity index (χ1) is 15.8. The number of amides is 1. The average Bonchev–Trinajstić information content (AvgIpc) is 3.02. The number of benzene rings is 2. The van der Waals surface area contributed by atoms with Crippen molar-refractivity contribution in [2.45, 2.75) is 26.7 Å². The molecule has 2 aromatic carbocycles. The molecule has 172 valence electrons. The maximum Gasteiger partial charge on any atom is 0.254 e. The van der Waals surface area contributed by atoms with Crippen molar-refractivity contribution >= 4 is 46.5 Å². The molecule has 8 heteroatoms. The van der Waals surface area contributed by atoms with E-state index in [-0.39, 0.29) is 5.91 Å². The lowest BCUT2D eigenvalue weighted by Crippen LogP contribution is -2.35. The van der Waals surface area contributed by atoms with Crippen LogP contribution in [-0.2, 0) is 6.42 Å². The molecule has 0 atom stereocenters. The topological polar surface area (TPSA) is 49.3 Å². The van der Waals surface area contributed by atoms with Crippen LogP contribution in [0.25, 0.3) is 0 Å². The minimum absolute atomic E-state index is 0.0577. The third-order valence-electron chi connectivity index (χ3n) is 5.79. The van der Waals surface area contributed by atoms with Crippen LogP contribution in [0.15, 0.2) is 42.5 Å². The molecule has 5 nitrogen and oxygen atoms in total. The molecule has 1 saturated heterocycles. The highest BCUT2D eigenvalue weighted by Gasteiger charge is 2.24. The van der Waals surface area contributed by atoms with E-state index in [1.54, 1.807) is 18.2 Å². The molecule has 1 aromatic heterocycles. The summed E-state index contributed by atoms with van der Waals surface area (Å²) in [5, 5.41) is 1.64. The van der Waals surface area contributed by atoms with Gasteiger partial charge in [0.05, 0.1) is 0 Å². The van der Waals surface area contributed by atoms with Crippen molar-refractivity contribution in [1.82, 2.24) is 14.9 Å². The molecule has 0 spiro atoms. The van der Waals surface area contributed by atoms with Crippen LogP contribution in [0.3, 0.4) is 0 Å². The Kier molecular flexibility index (Phi) is 7.42. The van der Waals surface area contributed by atoms with Crippen LogP contribution in [0, 0.1) is 13.8 Å². The second kappa shape index (κ2) is 10.3. The van der Waals surface area contributed by atoms with Crippen LogP contribution >= 0.6 is 34.8 Å². The van der Waals surface area contributed by atoms with Crippen LogP contribution in [0.4, 0.5) is 5.82 Å². The molecule has 0 N–H and O–H groups in total. The third-order valence-corrected chi connectivity index (χ3v) is 6.48. The Morgan fingerprint density at radius 3 is 2.27 bits per heavy atom. The van der Waals surface area contributed by atoms with Gasteiger partial charge in [-0.2, -0.15) is 0 Å². The van der Waals surface area contributed by atoms with Crippen LogP contribution in [-0.4, -0.2) is 47.0 Å². The van der Waals surface area contributed by atoms with E-state index >= 15 is 0 Å². The van der Waals surface area contributed by atoms with Crippen molar-refractivity contribution in [2.24, 2.45) is 0 Å². The fourth-order valence-electron chi connectivity index (χ4n) is 4.18. The second-order valence-electron chi connectivity index (χ2n) is 8.25. The van der Waals surface area contributed by atoms with Crippen molar-refractivity contribution < 1.29 is 4.79 Å². The van der Waals surface area contributed by atoms with Gasteiger partial charge in [-0.15, -0.1) is 0 Å². The Morgan fingerprint density at radius 2 is 1.58 bits per heavy atom. The molecule has 33 heavy (non-hydrogen) atoms. The zero-order valence-corrected chi connectivity index (χ0v) is 20.9. The van der Waals surface area contributed by atoms with Crippen LogP contribution < -0.4 is 4.90 Å². The molecule has 4 rings (SSSR count). The number of rotatable bonds is 4. The smallest absolute Gasteiger partial charge is 0.254 e. The summed E-state index contributed by atoms with van der Waals surface area (Å²) in [5.74, 6) is 1.63. The predicted octanol–water partition coefficient (Wildman–Crippen LogP) is 6.00. The van der Waals surface area contributed by atoms with E-state index in [1.807, 2.05) is 43.0 Å². The molecule has 1 fully saturated rings. The summed E-state index contributed by atoms with van der Waals surface area (Å²) in [6.45, 7) is 6.69. The third kappa shape index (κ3) is 5.78. The molecule has 0 unspecified atom stereocenters. The highest BCUT2D eigenvalue weighted by Crippen LogP contribution is 2.26. The molecule has 0 radical (unpaired) electrons. The molecular formula is C25H25Cl3N4O. The summed E-state index contributed by atoms with van der Waals surface area (Å²) in [6, 6.07) is 12.8. The first-order valence-electron chi connectivity index (χ1n) is 10.9. The Balaban J connectivity index is 1.56. The monoisotopic (exact) mass is 502 g/mol. The highest BCUT2D eigenvalue weighted by atomic mass is 35.5. The molecule has 2 heterocycles. The van der Waals surface area contributed by atoms with Gasteiger partial charge in [0.2, 0.25) is 0 Å². The Hall–Kier alpha value is -2.34. The van der Waals surface area contributed by atoms with Gasteiger partial charge in [-0.1, -0.05) is 46.9 Å². The van der Waals surface area contributed by atoms with Gasteiger partial charge >= 0.3 is 0 Å². The Bertz CT molecular complexity index is 1150. The van der Waals surface area contributed by atoms with Crippen molar-refractivity contribution in [3.8, 4) is 0 Å². The standard InChI is InChI=1S/C25H25Cl3N4O/c1-16-23(12-18-4-6-20(26)7-5-18)24(30-17(2)29-16)31-8-3-9-32(11-10-31)25(33)19-13-21(27)15-22(28)14-19/h4-7,13-15H,3,8-12H2,1-2H3. The molecule has 3 aromatic rings. The Morgan fingerprint density at radius 1 is 0.879 bits per heavy atom. The first kappa shape index (κ1) is 23.8. The summed E-state index contributed by atoms with van der Waals surface area (Å²) in [4.78, 5) is 26.7. The normalized spacial score (nSPS) is 14.3. The average molecular weight is 504 g/mol. The maximum atomic E-state index is 13.1. The van der Waals surface area contributed by atoms with Gasteiger partial charge in [0.1, 0.15) is 11.6 Å². The molecule has 1 amide bonds. The second-order valence-corrected chi connectivity index (χ2v) is 9.56. The minimum atomic E-state index is -0.0577. The van der Waals surface area contributed by atoms with Gasteiger partial charge < -0.3 is 9.80 Å². The van der Waals surface area contributed by atoms with Crippen molar-refractivity contribution in [1.29, 1.82) is 0 Å². The number of aromatic nitrogens is 2. The van der Waals surface area contributed by atoms with Gasteiger partial charge in [-0.3, -0.25) is 4.79 Å². The zero-order chi connectivity index (χ0) is 23.5. The summed E-state index contributed by atoms with van der Waals surface area (Å²) >= 11 is 18.3. The summed E-state index contributed by atoms with van der Waals surface area (Å²) in [6.07, 6.45) is 1.56. The zero-order valence-electron chi connectivity index (χ0n) is 18.6. The Labute approximate surface area is 209 Å². The van der Waals surface area contributed by atoms with Gasteiger partial charge in [-0.05, 0) is 56.2 Å². The maximum absolute atomic E-state index is 13.1. The number of hydrogen-bond acceptors (Lipinski definition) is 4. The van der Waals surface area contributed by atoms with E-state index in [0.29, 0.717) is 40.3 Å². The predicted molar refractivity (Wildman–Crippen MR) is 135 cm³/mol. The van der Waals surface area contributed by atoms with Gasteiger partial charge in [0.15, 0.2) is 0 Å². The van der Waals surface area contributed by atoms with E-state index in [2.05, 4.69) is 9.88 Å². The van der Waals surface area contributed by atoms with Crippen molar-refractivity contribution in [2.75, 3.05) is 31.1 Å². The van der Waals surface area contributed by atoms with Gasteiger partial charge in [-0.25, -0.2) is 9.97 Å². The quantitative estimate of drug-likeness (QED) is 0.438. The molecular weight excluding hydrogens is 479 g/mol. The molecule has 1 aliphatic heterocycles. The number of carbonyl (C=O) groups excluding carboxylic acids is 1. The fraction of sp³-hybridized carbons (Fsp3) is 0.320. The van der Waals surface area contributed by atoms with Crippen LogP contribution in [0.5, 0.6) is 0 Å². The number of hydrogen-bond donors (Lipinski definition) is 0. The molecule has 0 saturated carbocycles. The lowest BCUT2D eigenvalue weighted by Gasteiger charge is -2.26. The van der Waals surface area contributed by atoms with Gasteiger partial charge in [0.25, 0.3) is 5.91 Å². The SMILES string of the molecule is Cc1nc(C)c(Cc2ccc(Cl)cc2)c(N2CCCN(C(=O)c3cc(Cl)cc(Cl)c3)CC2)n1. The van der Waals surface area contributed by atoms with Crippen LogP contribution in [0.1, 0.15) is 39.4 Å². The number of aryl methyl sites for hydroxylation is 2. The summed E-state index contributed by atoms with van der Waals surface area (Å²) < 4.78 is 0. The van der Waals surface area contributed by atoms with E-state index in [1.165, 1.54) is 0 Å². The lowest BCUT2D eigenvalue weighted by molar-refractivity contribution is 0.0767. The van der Waals surface area contributed by atoms with E-state index in [0.717, 1.165) is 47.8 Å². The minimum Gasteiger partial charge on any atom is -0.354 e. The van der Waals surface area contributed by atoms with E-state index in [9.17, 15) is 4.79 Å². The van der Waals surface area contributed by atoms with E-state index in [4.69, 9.17) is 39.8 Å². The van der Waals surface area contributed by atoms with Crippen molar-refractivity contribution in [3.63, 3.8) is 0 Å². The van der Waals surface area contributed by atoms with Crippen molar-refractivity contribution in [3.05, 3.63) is 85.7 Å². The molecule has 1 aliphatic rings. The van der Waals surface area contributed by atoms with Gasteiger partial charge in [0, 0.05) is 64.5 Å². The number of carbonyl (C=O) groups is 1. The van der Waals surface area contributed by atoms with Crippen LogP contribution in [0.2, 0.25) is 15.1 Å². The number of nitrogens with zero attached hydrogens (tertiary/aromatic N) is 4. The molecule has 0 aliphatic carbocycles. The summed E-state index contributed by atoms with van der Waals surface area (Å²) in [5.41, 5.74) is 3.74. The first-order valence-corrected chi connectivity index (χ1v) is 12.0. The fourth-order valence-corrected chi connectivity index (χ4v) is 4.84. The number of anilines is 1. The molecule has 0 bridgehead atoms. The lowest BCUT2D eigenvalue weighted by atomic mass is 10.0.